The maximum atomic E-state index is 12.8. The predicted octanol–water partition coefficient (Wildman–Crippen LogP) is 1.55. The number of anilines is 1. The van der Waals surface area contributed by atoms with E-state index >= 15 is 0 Å². The van der Waals surface area contributed by atoms with Crippen LogP contribution in [0.2, 0.25) is 0 Å². The highest BCUT2D eigenvalue weighted by atomic mass is 16.4. The van der Waals surface area contributed by atoms with Gasteiger partial charge in [0.25, 0.3) is 0 Å². The van der Waals surface area contributed by atoms with Crippen molar-refractivity contribution < 1.29 is 9.21 Å². The van der Waals surface area contributed by atoms with E-state index in [0.717, 1.165) is 58.4 Å². The number of aromatic nitrogens is 2. The van der Waals surface area contributed by atoms with Crippen molar-refractivity contribution in [3.63, 3.8) is 0 Å². The Morgan fingerprint density at radius 1 is 1.04 bits per heavy atom. The molecule has 4 heterocycles. The third-order valence-electron chi connectivity index (χ3n) is 5.75. The van der Waals surface area contributed by atoms with E-state index in [1.165, 1.54) is 19.3 Å². The second-order valence-corrected chi connectivity index (χ2v) is 7.47. The van der Waals surface area contributed by atoms with E-state index in [1.807, 2.05) is 0 Å². The van der Waals surface area contributed by atoms with E-state index in [9.17, 15) is 4.79 Å². The average Bonchev–Trinajstić information content (AvgIpc) is 3.09. The molecule has 1 aromatic rings. The van der Waals surface area contributed by atoms with Crippen LogP contribution in [0.5, 0.6) is 0 Å². The number of carbonyl (C=O) groups excluding carboxylic acids is 1. The van der Waals surface area contributed by atoms with Crippen molar-refractivity contribution in [1.82, 2.24) is 20.4 Å². The van der Waals surface area contributed by atoms with E-state index < -0.39 is 0 Å². The van der Waals surface area contributed by atoms with Gasteiger partial charge in [0.1, 0.15) is 0 Å². The van der Waals surface area contributed by atoms with Gasteiger partial charge in [-0.1, -0.05) is 5.10 Å². The molecule has 0 atom stereocenters. The number of fused-ring (bicyclic) bond motifs is 2. The van der Waals surface area contributed by atoms with Crippen LogP contribution in [0.15, 0.2) is 4.42 Å². The van der Waals surface area contributed by atoms with Gasteiger partial charge < -0.3 is 19.5 Å². The summed E-state index contributed by atoms with van der Waals surface area (Å²) < 4.78 is 5.74. The Morgan fingerprint density at radius 2 is 1.79 bits per heavy atom. The summed E-state index contributed by atoms with van der Waals surface area (Å²) in [5, 5.41) is 11.3. The number of rotatable bonds is 4. The highest BCUT2D eigenvalue weighted by Gasteiger charge is 2.44. The summed E-state index contributed by atoms with van der Waals surface area (Å²) >= 11 is 0. The van der Waals surface area contributed by atoms with Crippen molar-refractivity contribution in [3.8, 4) is 0 Å². The molecule has 3 aliphatic rings. The van der Waals surface area contributed by atoms with Gasteiger partial charge in [-0.15, -0.1) is 5.10 Å². The van der Waals surface area contributed by atoms with Crippen LogP contribution < -0.4 is 10.2 Å². The van der Waals surface area contributed by atoms with Gasteiger partial charge in [0.05, 0.1) is 12.0 Å². The highest BCUT2D eigenvalue weighted by Crippen LogP contribution is 2.38. The Balaban J connectivity index is 1.34. The summed E-state index contributed by atoms with van der Waals surface area (Å²) in [7, 11) is 0. The molecule has 7 nitrogen and oxygen atoms in total. The van der Waals surface area contributed by atoms with Crippen LogP contribution >= 0.6 is 0 Å². The molecule has 0 saturated carbocycles. The summed E-state index contributed by atoms with van der Waals surface area (Å²) in [6, 6.07) is 0.596. The normalized spacial score (nSPS) is 30.2. The molecule has 2 bridgehead atoms. The van der Waals surface area contributed by atoms with Crippen LogP contribution in [0.4, 0.5) is 6.01 Å². The number of hydrogen-bond acceptors (Lipinski definition) is 6. The zero-order valence-corrected chi connectivity index (χ0v) is 14.3. The third kappa shape index (κ3) is 3.14. The SMILES string of the molecule is O=C(NCc1nnc(N2CCCCC2)o1)C12CCCN(CCC1)C2. The summed E-state index contributed by atoms with van der Waals surface area (Å²) in [5.74, 6) is 0.661. The maximum absolute atomic E-state index is 12.8. The van der Waals surface area contributed by atoms with Crippen molar-refractivity contribution in [2.24, 2.45) is 5.41 Å². The summed E-state index contributed by atoms with van der Waals surface area (Å²) in [6.45, 7) is 5.47. The van der Waals surface area contributed by atoms with E-state index in [0.29, 0.717) is 18.5 Å². The summed E-state index contributed by atoms with van der Waals surface area (Å²) in [5.41, 5.74) is -0.202. The standard InChI is InChI=1S/C17H27N5O2/c23-15(17-6-4-8-21(13-17)9-5-7-17)18-12-14-19-20-16(24-14)22-10-2-1-3-11-22/h1-13H2,(H,18,23). The molecule has 0 radical (unpaired) electrons. The van der Waals surface area contributed by atoms with Crippen LogP contribution in [0, 0.1) is 5.41 Å². The number of piperidine rings is 3. The lowest BCUT2D eigenvalue weighted by Gasteiger charge is -2.45. The monoisotopic (exact) mass is 333 g/mol. The fourth-order valence-electron chi connectivity index (χ4n) is 4.43. The summed E-state index contributed by atoms with van der Waals surface area (Å²) in [6.07, 6.45) is 7.85. The van der Waals surface area contributed by atoms with Gasteiger partial charge in [-0.2, -0.15) is 0 Å². The number of nitrogens with one attached hydrogen (secondary N) is 1. The third-order valence-corrected chi connectivity index (χ3v) is 5.75. The molecule has 1 aromatic heterocycles. The molecule has 3 aliphatic heterocycles. The molecule has 7 heteroatoms. The molecule has 0 spiro atoms. The second-order valence-electron chi connectivity index (χ2n) is 7.47. The lowest BCUT2D eigenvalue weighted by molar-refractivity contribution is -0.137. The van der Waals surface area contributed by atoms with Crippen molar-refractivity contribution >= 4 is 11.9 Å². The minimum atomic E-state index is -0.202. The Bertz CT molecular complexity index is 571. The Labute approximate surface area is 142 Å². The largest absolute Gasteiger partial charge is 0.406 e. The van der Waals surface area contributed by atoms with Gasteiger partial charge in [0.2, 0.25) is 11.8 Å². The minimum Gasteiger partial charge on any atom is -0.406 e. The molecule has 0 aromatic carbocycles. The van der Waals surface area contributed by atoms with Crippen LogP contribution in [0.3, 0.4) is 0 Å². The predicted molar refractivity (Wildman–Crippen MR) is 89.5 cm³/mol. The van der Waals surface area contributed by atoms with Crippen LogP contribution in [0.1, 0.15) is 50.8 Å². The fraction of sp³-hybridized carbons (Fsp3) is 0.824. The number of hydrogen-bond donors (Lipinski definition) is 1. The topological polar surface area (TPSA) is 74.5 Å². The molecule has 4 rings (SSSR count). The van der Waals surface area contributed by atoms with Crippen molar-refractivity contribution in [2.45, 2.75) is 51.5 Å². The van der Waals surface area contributed by atoms with Crippen molar-refractivity contribution in [1.29, 1.82) is 0 Å². The zero-order chi connectivity index (χ0) is 16.4. The molecule has 0 aliphatic carbocycles. The van der Waals surface area contributed by atoms with Gasteiger partial charge >= 0.3 is 6.01 Å². The van der Waals surface area contributed by atoms with Gasteiger partial charge in [0.15, 0.2) is 0 Å². The Kier molecular flexibility index (Phi) is 4.43. The second kappa shape index (κ2) is 6.70. The smallest absolute Gasteiger partial charge is 0.318 e. The molecular formula is C17H27N5O2. The molecule has 0 unspecified atom stereocenters. The number of amides is 1. The minimum absolute atomic E-state index is 0.157. The fourth-order valence-corrected chi connectivity index (χ4v) is 4.43. The van der Waals surface area contributed by atoms with Gasteiger partial charge in [0, 0.05) is 19.6 Å². The van der Waals surface area contributed by atoms with Gasteiger partial charge in [-0.25, -0.2) is 0 Å². The zero-order valence-electron chi connectivity index (χ0n) is 14.3. The molecule has 3 saturated heterocycles. The number of carbonyl (C=O) groups is 1. The Morgan fingerprint density at radius 3 is 2.54 bits per heavy atom. The lowest BCUT2D eigenvalue weighted by Crippen LogP contribution is -2.54. The van der Waals surface area contributed by atoms with E-state index in [2.05, 4.69) is 25.3 Å². The first-order valence-corrected chi connectivity index (χ1v) is 9.33. The number of nitrogens with zero attached hydrogens (tertiary/aromatic N) is 4. The van der Waals surface area contributed by atoms with Crippen molar-refractivity contribution in [3.05, 3.63) is 5.89 Å². The van der Waals surface area contributed by atoms with Gasteiger partial charge in [-0.05, 0) is 58.0 Å². The molecule has 3 fully saturated rings. The van der Waals surface area contributed by atoms with E-state index in [1.54, 1.807) is 0 Å². The van der Waals surface area contributed by atoms with Crippen molar-refractivity contribution in [2.75, 3.05) is 37.6 Å². The maximum Gasteiger partial charge on any atom is 0.318 e. The molecule has 1 amide bonds. The molecular weight excluding hydrogens is 306 g/mol. The quantitative estimate of drug-likeness (QED) is 0.901. The molecule has 24 heavy (non-hydrogen) atoms. The molecule has 132 valence electrons. The van der Waals surface area contributed by atoms with E-state index in [-0.39, 0.29) is 11.3 Å². The van der Waals surface area contributed by atoms with E-state index in [4.69, 9.17) is 4.42 Å². The average molecular weight is 333 g/mol. The van der Waals surface area contributed by atoms with Crippen LogP contribution in [0.25, 0.3) is 0 Å². The lowest BCUT2D eigenvalue weighted by atomic mass is 9.73. The first-order chi connectivity index (χ1) is 11.8. The van der Waals surface area contributed by atoms with Crippen LogP contribution in [-0.4, -0.2) is 53.7 Å². The first kappa shape index (κ1) is 15.9. The van der Waals surface area contributed by atoms with Gasteiger partial charge in [-0.3, -0.25) is 4.79 Å². The van der Waals surface area contributed by atoms with Crippen LogP contribution in [-0.2, 0) is 11.3 Å². The first-order valence-electron chi connectivity index (χ1n) is 9.33. The Hall–Kier alpha value is -1.63. The summed E-state index contributed by atoms with van der Waals surface area (Å²) in [4.78, 5) is 17.3. The molecule has 1 N–H and O–H groups in total. The highest BCUT2D eigenvalue weighted by molar-refractivity contribution is 5.83.